The number of rotatable bonds is 14. The average molecular weight is 549 g/mol. The van der Waals surface area contributed by atoms with Gasteiger partial charge in [-0.15, -0.1) is 0 Å². The number of nitrogens with one attached hydrogen (secondary N) is 4. The van der Waals surface area contributed by atoms with Crippen LogP contribution in [0.1, 0.15) is 30.9 Å². The predicted molar refractivity (Wildman–Crippen MR) is 153 cm³/mol. The fourth-order valence-corrected chi connectivity index (χ4v) is 4.36. The summed E-state index contributed by atoms with van der Waals surface area (Å²) in [6.07, 6.45) is 2.68. The Kier molecular flexibility index (Phi) is 10.6. The lowest BCUT2D eigenvalue weighted by Crippen LogP contribution is -2.57. The molecule has 3 atom stereocenters. The van der Waals surface area contributed by atoms with Crippen LogP contribution in [0, 0.1) is 0 Å². The van der Waals surface area contributed by atoms with Crippen molar-refractivity contribution in [3.05, 3.63) is 71.9 Å². The molecule has 10 N–H and O–H groups in total. The zero-order chi connectivity index (χ0) is 29.1. The zero-order valence-corrected chi connectivity index (χ0v) is 22.4. The molecule has 0 spiro atoms. The first kappa shape index (κ1) is 29.7. The van der Waals surface area contributed by atoms with Crippen molar-refractivity contribution in [3.8, 4) is 0 Å². The van der Waals surface area contributed by atoms with Gasteiger partial charge < -0.3 is 38.1 Å². The second kappa shape index (κ2) is 14.3. The van der Waals surface area contributed by atoms with Gasteiger partial charge in [0, 0.05) is 43.4 Å². The van der Waals surface area contributed by atoms with E-state index in [-0.39, 0.29) is 31.8 Å². The summed E-state index contributed by atoms with van der Waals surface area (Å²) < 4.78 is 0. The zero-order valence-electron chi connectivity index (χ0n) is 22.4. The van der Waals surface area contributed by atoms with Gasteiger partial charge >= 0.3 is 0 Å². The topological polar surface area (TPSA) is 211 Å². The molecule has 2 aromatic carbocycles. The third kappa shape index (κ3) is 8.86. The van der Waals surface area contributed by atoms with E-state index in [0.717, 1.165) is 22.0 Å². The molecule has 212 valence electrons. The number of fused-ring (bicyclic) bond motifs is 1. The van der Waals surface area contributed by atoms with Crippen LogP contribution in [0.15, 0.2) is 65.8 Å². The summed E-state index contributed by atoms with van der Waals surface area (Å²) in [7, 11) is 0. The van der Waals surface area contributed by atoms with Crippen LogP contribution in [0.2, 0.25) is 0 Å². The SMILES string of the molecule is CC(=O)N[C@@H](Cc1ccccc1)C(=O)N[C@@H](CCCN=C(N)N)C(=O)N[C@H](Cc1c[nH]c2ccccc12)C(N)=O. The lowest BCUT2D eigenvalue weighted by molar-refractivity contribution is -0.133. The van der Waals surface area contributed by atoms with E-state index in [2.05, 4.69) is 25.9 Å². The maximum Gasteiger partial charge on any atom is 0.243 e. The highest BCUT2D eigenvalue weighted by atomic mass is 16.2. The third-order valence-corrected chi connectivity index (χ3v) is 6.31. The Morgan fingerprint density at radius 3 is 2.15 bits per heavy atom. The highest BCUT2D eigenvalue weighted by Crippen LogP contribution is 2.19. The van der Waals surface area contributed by atoms with E-state index >= 15 is 0 Å². The van der Waals surface area contributed by atoms with E-state index < -0.39 is 41.8 Å². The van der Waals surface area contributed by atoms with Gasteiger partial charge in [-0.25, -0.2) is 0 Å². The van der Waals surface area contributed by atoms with Gasteiger partial charge in [-0.2, -0.15) is 0 Å². The van der Waals surface area contributed by atoms with Crippen LogP contribution < -0.4 is 33.2 Å². The van der Waals surface area contributed by atoms with Crippen molar-refractivity contribution < 1.29 is 19.2 Å². The van der Waals surface area contributed by atoms with E-state index in [1.165, 1.54) is 6.92 Å². The number of guanidine groups is 1. The quantitative estimate of drug-likeness (QED) is 0.0834. The number of aromatic nitrogens is 1. The minimum absolute atomic E-state index is 0.0915. The Labute approximate surface area is 232 Å². The summed E-state index contributed by atoms with van der Waals surface area (Å²) in [5.41, 5.74) is 19.0. The molecule has 0 radical (unpaired) electrons. The van der Waals surface area contributed by atoms with Crippen LogP contribution in [-0.2, 0) is 32.0 Å². The fraction of sp³-hybridized carbons (Fsp3) is 0.321. The summed E-state index contributed by atoms with van der Waals surface area (Å²) in [5.74, 6) is -2.34. The number of aliphatic imine (C=N–C) groups is 1. The van der Waals surface area contributed by atoms with Crippen molar-refractivity contribution in [2.75, 3.05) is 6.54 Å². The lowest BCUT2D eigenvalue weighted by atomic mass is 10.0. The van der Waals surface area contributed by atoms with Crippen LogP contribution in [0.3, 0.4) is 0 Å². The van der Waals surface area contributed by atoms with Gasteiger partial charge in [0.25, 0.3) is 0 Å². The minimum Gasteiger partial charge on any atom is -0.370 e. The average Bonchev–Trinajstić information content (AvgIpc) is 3.32. The third-order valence-electron chi connectivity index (χ3n) is 6.31. The van der Waals surface area contributed by atoms with Gasteiger partial charge in [0.1, 0.15) is 18.1 Å². The Morgan fingerprint density at radius 1 is 0.825 bits per heavy atom. The largest absolute Gasteiger partial charge is 0.370 e. The molecule has 0 saturated carbocycles. The first-order valence-electron chi connectivity index (χ1n) is 13.0. The normalized spacial score (nSPS) is 13.0. The number of primary amides is 1. The number of hydrogen-bond acceptors (Lipinski definition) is 5. The first-order valence-corrected chi connectivity index (χ1v) is 13.0. The Bertz CT molecular complexity index is 1350. The molecule has 3 aromatic rings. The number of hydrogen-bond donors (Lipinski definition) is 7. The van der Waals surface area contributed by atoms with Gasteiger partial charge in [0.15, 0.2) is 5.96 Å². The summed E-state index contributed by atoms with van der Waals surface area (Å²) >= 11 is 0. The van der Waals surface area contributed by atoms with Gasteiger partial charge in [-0.3, -0.25) is 24.2 Å². The number of benzene rings is 2. The molecule has 0 unspecified atom stereocenters. The molecule has 0 saturated heterocycles. The number of carbonyl (C=O) groups is 4. The Hall–Kier alpha value is -4.87. The van der Waals surface area contributed by atoms with Crippen LogP contribution >= 0.6 is 0 Å². The van der Waals surface area contributed by atoms with Gasteiger partial charge in [-0.1, -0.05) is 48.5 Å². The molecular weight excluding hydrogens is 512 g/mol. The molecule has 40 heavy (non-hydrogen) atoms. The van der Waals surface area contributed by atoms with Gasteiger partial charge in [0.2, 0.25) is 23.6 Å². The number of carbonyl (C=O) groups excluding carboxylic acids is 4. The molecule has 0 aliphatic rings. The van der Waals surface area contributed by atoms with Crippen LogP contribution in [-0.4, -0.2) is 59.2 Å². The van der Waals surface area contributed by atoms with Crippen molar-refractivity contribution in [2.24, 2.45) is 22.2 Å². The number of H-pyrrole nitrogens is 1. The van der Waals surface area contributed by atoms with E-state index in [1.54, 1.807) is 6.20 Å². The molecule has 12 nitrogen and oxygen atoms in total. The van der Waals surface area contributed by atoms with E-state index in [4.69, 9.17) is 17.2 Å². The summed E-state index contributed by atoms with van der Waals surface area (Å²) in [6, 6.07) is 13.8. The summed E-state index contributed by atoms with van der Waals surface area (Å²) in [6.45, 7) is 1.54. The van der Waals surface area contributed by atoms with Crippen LogP contribution in [0.25, 0.3) is 10.9 Å². The van der Waals surface area contributed by atoms with Crippen molar-refractivity contribution in [2.45, 2.75) is 50.7 Å². The molecule has 4 amide bonds. The molecule has 0 aliphatic carbocycles. The second-order valence-corrected chi connectivity index (χ2v) is 9.48. The van der Waals surface area contributed by atoms with Crippen molar-refractivity contribution in [1.82, 2.24) is 20.9 Å². The molecular formula is C28H36N8O4. The van der Waals surface area contributed by atoms with Crippen molar-refractivity contribution in [1.29, 1.82) is 0 Å². The van der Waals surface area contributed by atoms with E-state index in [9.17, 15) is 19.2 Å². The van der Waals surface area contributed by atoms with Crippen LogP contribution in [0.5, 0.6) is 0 Å². The van der Waals surface area contributed by atoms with E-state index in [1.807, 2.05) is 54.6 Å². The van der Waals surface area contributed by atoms with Gasteiger partial charge in [0.05, 0.1) is 0 Å². The highest BCUT2D eigenvalue weighted by Gasteiger charge is 2.29. The first-order chi connectivity index (χ1) is 19.1. The lowest BCUT2D eigenvalue weighted by Gasteiger charge is -2.24. The van der Waals surface area contributed by atoms with E-state index in [0.29, 0.717) is 6.42 Å². The molecule has 12 heteroatoms. The molecule has 0 fully saturated rings. The molecule has 1 heterocycles. The monoisotopic (exact) mass is 548 g/mol. The molecule has 0 bridgehead atoms. The van der Waals surface area contributed by atoms with Crippen molar-refractivity contribution >= 4 is 40.5 Å². The maximum atomic E-state index is 13.4. The molecule has 1 aromatic heterocycles. The standard InChI is InChI=1S/C28H36N8O4/c1-17(37)34-24(14-18-8-3-2-4-9-18)27(40)35-22(12-7-13-32-28(30)31)26(39)36-23(25(29)38)15-19-16-33-21-11-6-5-10-20(19)21/h2-6,8-11,16,22-24,33H,7,12-15H2,1H3,(H2,29,38)(H,34,37)(H,35,40)(H,36,39)(H4,30,31,32)/t22-,23+,24-/m0/s1. The summed E-state index contributed by atoms with van der Waals surface area (Å²) in [5, 5.41) is 8.97. The molecule has 3 rings (SSSR count). The Balaban J connectivity index is 1.77. The highest BCUT2D eigenvalue weighted by molar-refractivity contribution is 5.94. The van der Waals surface area contributed by atoms with Crippen LogP contribution in [0.4, 0.5) is 0 Å². The number of aromatic amines is 1. The number of nitrogens with two attached hydrogens (primary N) is 3. The van der Waals surface area contributed by atoms with Crippen molar-refractivity contribution in [3.63, 3.8) is 0 Å². The number of para-hydroxylation sites is 1. The summed E-state index contributed by atoms with van der Waals surface area (Å²) in [4.78, 5) is 57.9. The predicted octanol–water partition coefficient (Wildman–Crippen LogP) is -0.0337. The number of amides is 4. The van der Waals surface area contributed by atoms with Gasteiger partial charge in [-0.05, 0) is 30.0 Å². The Morgan fingerprint density at radius 2 is 1.48 bits per heavy atom. The second-order valence-electron chi connectivity index (χ2n) is 9.48. The smallest absolute Gasteiger partial charge is 0.243 e. The number of nitrogens with zero attached hydrogens (tertiary/aromatic N) is 1. The fourth-order valence-electron chi connectivity index (χ4n) is 4.36. The minimum atomic E-state index is -1.04. The molecule has 0 aliphatic heterocycles. The maximum absolute atomic E-state index is 13.4.